The number of hydrogen-bond donors (Lipinski definition) is 3. The fourth-order valence-electron chi connectivity index (χ4n) is 2.59. The summed E-state index contributed by atoms with van der Waals surface area (Å²) < 4.78 is 0. The molecular weight excluding hydrogens is 384 g/mol. The van der Waals surface area contributed by atoms with E-state index in [0.29, 0.717) is 28.8 Å². The Hall–Kier alpha value is -4.47. The third-order valence-corrected chi connectivity index (χ3v) is 3.92. The highest BCUT2D eigenvalue weighted by molar-refractivity contribution is 5.86. The minimum absolute atomic E-state index is 0.0763. The Balaban J connectivity index is 1.53. The lowest BCUT2D eigenvalue weighted by Crippen LogP contribution is -2.04. The van der Waals surface area contributed by atoms with E-state index in [0.717, 1.165) is 5.69 Å². The number of aromatic carboxylic acids is 1. The molecule has 0 aliphatic carbocycles. The van der Waals surface area contributed by atoms with Crippen LogP contribution in [0.4, 0.5) is 23.3 Å². The predicted octanol–water partition coefficient (Wildman–Crippen LogP) is 3.22. The maximum Gasteiger partial charge on any atom is 0.354 e. The molecule has 0 amide bonds. The van der Waals surface area contributed by atoms with Crippen LogP contribution in [0.5, 0.6) is 0 Å². The maximum absolute atomic E-state index is 11.1. The van der Waals surface area contributed by atoms with Gasteiger partial charge in [0.2, 0.25) is 5.95 Å². The van der Waals surface area contributed by atoms with Crippen LogP contribution in [0.1, 0.15) is 16.2 Å². The molecule has 0 unspecified atom stereocenters. The lowest BCUT2D eigenvalue weighted by Gasteiger charge is -2.09. The van der Waals surface area contributed by atoms with Crippen LogP contribution in [0.15, 0.2) is 61.1 Å². The number of carboxylic acid groups (broad SMARTS) is 1. The number of nitrogens with zero attached hydrogens (tertiary/aromatic N) is 6. The fraction of sp³-hybridized carbons (Fsp3) is 0.0500. The largest absolute Gasteiger partial charge is 0.477 e. The Labute approximate surface area is 171 Å². The van der Waals surface area contributed by atoms with Crippen molar-refractivity contribution in [3.63, 3.8) is 0 Å². The Morgan fingerprint density at radius 1 is 0.867 bits per heavy atom. The highest BCUT2D eigenvalue weighted by Gasteiger charge is 2.08. The van der Waals surface area contributed by atoms with E-state index < -0.39 is 5.97 Å². The molecule has 0 saturated carbocycles. The van der Waals surface area contributed by atoms with E-state index in [9.17, 15) is 4.79 Å². The Morgan fingerprint density at radius 2 is 1.63 bits per heavy atom. The smallest absolute Gasteiger partial charge is 0.354 e. The molecule has 0 aliphatic heterocycles. The first kappa shape index (κ1) is 18.9. The van der Waals surface area contributed by atoms with Crippen LogP contribution >= 0.6 is 0 Å². The van der Waals surface area contributed by atoms with Gasteiger partial charge in [0.1, 0.15) is 23.0 Å². The Morgan fingerprint density at radius 3 is 2.43 bits per heavy atom. The van der Waals surface area contributed by atoms with Gasteiger partial charge in [-0.2, -0.15) is 4.98 Å². The van der Waals surface area contributed by atoms with E-state index in [-0.39, 0.29) is 11.6 Å². The zero-order valence-electron chi connectivity index (χ0n) is 15.8. The average molecular weight is 400 g/mol. The van der Waals surface area contributed by atoms with Crippen molar-refractivity contribution in [3.8, 4) is 11.5 Å². The SMILES string of the molecule is Cc1cccc(-c2nccc(Nc3ccnc(Nc4ccnc(C(=O)O)c4)n3)n2)n1. The molecule has 0 fully saturated rings. The summed E-state index contributed by atoms with van der Waals surface area (Å²) in [5, 5.41) is 15.1. The van der Waals surface area contributed by atoms with Crippen molar-refractivity contribution < 1.29 is 9.90 Å². The van der Waals surface area contributed by atoms with Crippen molar-refractivity contribution in [3.05, 3.63) is 72.4 Å². The number of pyridine rings is 2. The molecule has 30 heavy (non-hydrogen) atoms. The summed E-state index contributed by atoms with van der Waals surface area (Å²) >= 11 is 0. The third-order valence-electron chi connectivity index (χ3n) is 3.92. The molecule has 0 bridgehead atoms. The first-order valence-corrected chi connectivity index (χ1v) is 8.90. The van der Waals surface area contributed by atoms with Crippen LogP contribution in [-0.2, 0) is 0 Å². The lowest BCUT2D eigenvalue weighted by molar-refractivity contribution is 0.0690. The summed E-state index contributed by atoms with van der Waals surface area (Å²) in [7, 11) is 0. The van der Waals surface area contributed by atoms with Gasteiger partial charge in [-0.15, -0.1) is 0 Å². The lowest BCUT2D eigenvalue weighted by atomic mass is 10.3. The highest BCUT2D eigenvalue weighted by Crippen LogP contribution is 2.19. The molecule has 4 heterocycles. The molecule has 3 N–H and O–H groups in total. The van der Waals surface area contributed by atoms with Gasteiger partial charge in [-0.05, 0) is 43.3 Å². The maximum atomic E-state index is 11.1. The number of rotatable bonds is 6. The van der Waals surface area contributed by atoms with Gasteiger partial charge < -0.3 is 15.7 Å². The number of anilines is 4. The molecule has 4 aromatic rings. The molecule has 4 rings (SSSR count). The second-order valence-corrected chi connectivity index (χ2v) is 6.18. The van der Waals surface area contributed by atoms with Crippen LogP contribution in [-0.4, -0.2) is 41.0 Å². The highest BCUT2D eigenvalue weighted by atomic mass is 16.4. The zero-order chi connectivity index (χ0) is 20.9. The van der Waals surface area contributed by atoms with Crippen molar-refractivity contribution >= 4 is 29.2 Å². The number of aromatic nitrogens is 6. The average Bonchev–Trinajstić information content (AvgIpc) is 2.74. The first-order chi connectivity index (χ1) is 14.6. The second-order valence-electron chi connectivity index (χ2n) is 6.18. The van der Waals surface area contributed by atoms with Gasteiger partial charge in [0.05, 0.1) is 0 Å². The first-order valence-electron chi connectivity index (χ1n) is 8.90. The van der Waals surface area contributed by atoms with E-state index in [1.54, 1.807) is 30.6 Å². The van der Waals surface area contributed by atoms with Crippen molar-refractivity contribution in [2.75, 3.05) is 10.6 Å². The van der Waals surface area contributed by atoms with E-state index in [1.165, 1.54) is 12.3 Å². The molecule has 10 heteroatoms. The van der Waals surface area contributed by atoms with Crippen LogP contribution in [0.3, 0.4) is 0 Å². The Kier molecular flexibility index (Phi) is 5.20. The van der Waals surface area contributed by atoms with Gasteiger partial charge in [0.25, 0.3) is 0 Å². The second kappa shape index (κ2) is 8.27. The van der Waals surface area contributed by atoms with Crippen LogP contribution < -0.4 is 10.6 Å². The molecule has 0 radical (unpaired) electrons. The van der Waals surface area contributed by atoms with Crippen molar-refractivity contribution in [2.24, 2.45) is 0 Å². The molecular formula is C20H16N8O2. The summed E-state index contributed by atoms with van der Waals surface area (Å²) in [6.07, 6.45) is 4.61. The minimum atomic E-state index is -1.11. The number of carboxylic acids is 1. The van der Waals surface area contributed by atoms with Crippen molar-refractivity contribution in [2.45, 2.75) is 6.92 Å². The van der Waals surface area contributed by atoms with Gasteiger partial charge in [0.15, 0.2) is 5.82 Å². The molecule has 0 saturated heterocycles. The van der Waals surface area contributed by atoms with Crippen molar-refractivity contribution in [1.29, 1.82) is 0 Å². The van der Waals surface area contributed by atoms with Gasteiger partial charge in [-0.1, -0.05) is 6.07 Å². The quantitative estimate of drug-likeness (QED) is 0.442. The topological polar surface area (TPSA) is 139 Å². The fourth-order valence-corrected chi connectivity index (χ4v) is 2.59. The zero-order valence-corrected chi connectivity index (χ0v) is 15.8. The Bertz CT molecular complexity index is 1210. The van der Waals surface area contributed by atoms with Gasteiger partial charge in [-0.3, -0.25) is 0 Å². The van der Waals surface area contributed by atoms with Crippen LogP contribution in [0.2, 0.25) is 0 Å². The van der Waals surface area contributed by atoms with E-state index in [2.05, 4.69) is 40.5 Å². The summed E-state index contributed by atoms with van der Waals surface area (Å²) in [6.45, 7) is 1.91. The summed E-state index contributed by atoms with van der Waals surface area (Å²) in [5.74, 6) is 0.718. The van der Waals surface area contributed by atoms with E-state index in [1.807, 2.05) is 25.1 Å². The number of hydrogen-bond acceptors (Lipinski definition) is 9. The normalized spacial score (nSPS) is 10.4. The van der Waals surface area contributed by atoms with Crippen molar-refractivity contribution in [1.82, 2.24) is 29.9 Å². The van der Waals surface area contributed by atoms with E-state index in [4.69, 9.17) is 5.11 Å². The molecule has 4 aromatic heterocycles. The minimum Gasteiger partial charge on any atom is -0.477 e. The number of aryl methyl sites for hydroxylation is 1. The monoisotopic (exact) mass is 400 g/mol. The van der Waals surface area contributed by atoms with E-state index >= 15 is 0 Å². The summed E-state index contributed by atoms with van der Waals surface area (Å²) in [5.41, 5.74) is 1.99. The predicted molar refractivity (Wildman–Crippen MR) is 110 cm³/mol. The molecule has 0 aliphatic rings. The molecule has 148 valence electrons. The summed E-state index contributed by atoms with van der Waals surface area (Å²) in [6, 6.07) is 12.1. The molecule has 0 aromatic carbocycles. The molecule has 0 atom stereocenters. The number of nitrogens with one attached hydrogen (secondary N) is 2. The third kappa shape index (κ3) is 4.50. The molecule has 0 spiro atoms. The van der Waals surface area contributed by atoms with Gasteiger partial charge in [0, 0.05) is 30.0 Å². The number of carbonyl (C=O) groups is 1. The van der Waals surface area contributed by atoms with Crippen LogP contribution in [0.25, 0.3) is 11.5 Å². The van der Waals surface area contributed by atoms with Gasteiger partial charge >= 0.3 is 5.97 Å². The van der Waals surface area contributed by atoms with Gasteiger partial charge in [-0.25, -0.2) is 29.7 Å². The summed E-state index contributed by atoms with van der Waals surface area (Å²) in [4.78, 5) is 36.6. The standard InChI is InChI=1S/C20H16N8O2/c1-12-3-2-4-14(24-12)18-22-9-6-16(27-18)26-17-7-10-23-20(28-17)25-13-5-8-21-15(11-13)19(29)30/h2-11H,1H3,(H,29,30)(H2,21,22,23,25,26,27,28). The van der Waals surface area contributed by atoms with Crippen LogP contribution in [0, 0.1) is 6.92 Å². The molecule has 10 nitrogen and oxygen atoms in total.